The molecule has 9 heteroatoms. The first-order valence-electron chi connectivity index (χ1n) is 5.37. The van der Waals surface area contributed by atoms with E-state index in [1.165, 1.54) is 0 Å². The first-order chi connectivity index (χ1) is 9.86. The number of hydrogen-bond donors (Lipinski definition) is 0. The highest BCUT2D eigenvalue weighted by Crippen LogP contribution is 2.36. The van der Waals surface area contributed by atoms with E-state index in [0.29, 0.717) is 5.75 Å². The van der Waals surface area contributed by atoms with Crippen molar-refractivity contribution in [1.29, 1.82) is 0 Å². The van der Waals surface area contributed by atoms with Crippen LogP contribution in [-0.4, -0.2) is 12.0 Å². The van der Waals surface area contributed by atoms with E-state index < -0.39 is 10.6 Å². The Balaban J connectivity index is 2.90. The Morgan fingerprint density at radius 3 is 2.33 bits per heavy atom. The summed E-state index contributed by atoms with van der Waals surface area (Å²) in [6.07, 6.45) is 0. The highest BCUT2D eigenvalue weighted by molar-refractivity contribution is 9.12. The van der Waals surface area contributed by atoms with Crippen LogP contribution in [0, 0.1) is 10.1 Å². The molecule has 0 aliphatic heterocycles. The van der Waals surface area contributed by atoms with Crippen molar-refractivity contribution in [2.45, 2.75) is 5.75 Å². The average molecular weight is 434 g/mol. The van der Waals surface area contributed by atoms with Crippen LogP contribution in [0.2, 0.25) is 0 Å². The molecule has 0 N–H and O–H groups in total. The topological polar surface area (TPSA) is 52.4 Å². The third kappa shape index (κ3) is 5.71. The van der Waals surface area contributed by atoms with Gasteiger partial charge in [0.05, 0.1) is 12.0 Å². The van der Waals surface area contributed by atoms with E-state index in [1.54, 1.807) is 19.2 Å². The summed E-state index contributed by atoms with van der Waals surface area (Å²) < 4.78 is 4.93. The minimum Gasteiger partial charge on any atom is -0.497 e. The number of benzene rings is 1. The van der Waals surface area contributed by atoms with Gasteiger partial charge in [-0.2, -0.15) is 0 Å². The van der Waals surface area contributed by atoms with Crippen LogP contribution in [0.15, 0.2) is 43.3 Å². The zero-order chi connectivity index (χ0) is 16.0. The molecule has 4 nitrogen and oxygen atoms in total. The van der Waals surface area contributed by atoms with Gasteiger partial charge in [-0.1, -0.05) is 46.9 Å². The Labute approximate surface area is 149 Å². The maximum absolute atomic E-state index is 11.0. The molecule has 0 saturated heterocycles. The van der Waals surface area contributed by atoms with Crippen molar-refractivity contribution in [3.8, 4) is 5.75 Å². The van der Waals surface area contributed by atoms with Gasteiger partial charge in [0.2, 0.25) is 0 Å². The molecule has 0 radical (unpaired) electrons. The molecule has 0 unspecified atom stereocenters. The third-order valence-electron chi connectivity index (χ3n) is 2.27. The number of hydrogen-bond acceptors (Lipinski definition) is 4. The lowest BCUT2D eigenvalue weighted by molar-refractivity contribution is -0.419. The van der Waals surface area contributed by atoms with Gasteiger partial charge in [-0.25, -0.2) is 0 Å². The van der Waals surface area contributed by atoms with E-state index in [2.05, 4.69) is 15.9 Å². The lowest BCUT2D eigenvalue weighted by Crippen LogP contribution is -2.01. The molecule has 21 heavy (non-hydrogen) atoms. The average Bonchev–Trinajstić information content (AvgIpc) is 2.45. The smallest absolute Gasteiger partial charge is 0.314 e. The summed E-state index contributed by atoms with van der Waals surface area (Å²) in [5.74, 6) is 1.18. The summed E-state index contributed by atoms with van der Waals surface area (Å²) in [5, 5.41) is 10.8. The van der Waals surface area contributed by atoms with Gasteiger partial charge < -0.3 is 4.74 Å². The van der Waals surface area contributed by atoms with E-state index >= 15 is 0 Å². The number of halogens is 4. The highest BCUT2D eigenvalue weighted by atomic mass is 79.9. The van der Waals surface area contributed by atoms with Crippen LogP contribution in [0.3, 0.4) is 0 Å². The molecule has 0 amide bonds. The van der Waals surface area contributed by atoms with E-state index in [4.69, 9.17) is 39.5 Å². The van der Waals surface area contributed by atoms with Crippen molar-refractivity contribution in [2.24, 2.45) is 0 Å². The Hall–Kier alpha value is -0.400. The number of allylic oxidation sites excluding steroid dienone is 1. The summed E-state index contributed by atoms with van der Waals surface area (Å²) in [7, 11) is 1.57. The molecule has 114 valence electrons. The molecule has 1 aromatic rings. The summed E-state index contributed by atoms with van der Waals surface area (Å²) in [6.45, 7) is 0. The molecule has 0 atom stereocenters. The SMILES string of the molecule is COc1ccc(CS/C(Cl)=C(\C(Cl)=C(\Cl)Br)[N+](=O)[O-])cc1. The van der Waals surface area contributed by atoms with Gasteiger partial charge in [-0.05, 0) is 33.6 Å². The largest absolute Gasteiger partial charge is 0.497 e. The van der Waals surface area contributed by atoms with Gasteiger partial charge in [-0.3, -0.25) is 10.1 Å². The molecular weight excluding hydrogens is 424 g/mol. The Bertz CT molecular complexity index is 586. The zero-order valence-corrected chi connectivity index (χ0v) is 15.3. The standard InChI is InChI=1S/C12H9BrCl3NO3S/c1-20-8-4-2-7(3-5-8)6-21-12(16)10(17(18)19)9(14)11(13)15/h2-5H,6H2,1H3/b11-9-,12-10+. The highest BCUT2D eigenvalue weighted by Gasteiger charge is 2.24. The molecule has 0 aliphatic rings. The normalized spacial score (nSPS) is 13.4. The van der Waals surface area contributed by atoms with Crippen LogP contribution in [0.25, 0.3) is 0 Å². The maximum atomic E-state index is 11.0. The molecule has 1 rings (SSSR count). The summed E-state index contributed by atoms with van der Waals surface area (Å²) in [5.41, 5.74) is 0.505. The fourth-order valence-electron chi connectivity index (χ4n) is 1.26. The minimum absolute atomic E-state index is 0.0431. The van der Waals surface area contributed by atoms with Gasteiger partial charge in [-0.15, -0.1) is 11.8 Å². The predicted octanol–water partition coefficient (Wildman–Crippen LogP) is 5.65. The van der Waals surface area contributed by atoms with Crippen LogP contribution in [0.4, 0.5) is 0 Å². The molecular formula is C12H9BrCl3NO3S. The minimum atomic E-state index is -0.671. The van der Waals surface area contributed by atoms with E-state index in [9.17, 15) is 10.1 Å². The second kappa shape index (κ2) is 8.90. The molecule has 1 aromatic carbocycles. The van der Waals surface area contributed by atoms with Crippen molar-refractivity contribution in [3.63, 3.8) is 0 Å². The van der Waals surface area contributed by atoms with E-state index in [1.807, 2.05) is 12.1 Å². The molecule has 0 spiro atoms. The molecule has 0 saturated carbocycles. The van der Waals surface area contributed by atoms with Gasteiger partial charge >= 0.3 is 5.70 Å². The van der Waals surface area contributed by atoms with Gasteiger partial charge in [0.25, 0.3) is 0 Å². The predicted molar refractivity (Wildman–Crippen MR) is 91.8 cm³/mol. The van der Waals surface area contributed by atoms with E-state index in [0.717, 1.165) is 23.1 Å². The second-order valence-electron chi connectivity index (χ2n) is 3.59. The lowest BCUT2D eigenvalue weighted by atomic mass is 10.2. The van der Waals surface area contributed by atoms with Crippen molar-refractivity contribution in [2.75, 3.05) is 7.11 Å². The summed E-state index contributed by atoms with van der Waals surface area (Å²) in [6, 6.07) is 7.28. The monoisotopic (exact) mass is 431 g/mol. The molecule has 0 heterocycles. The third-order valence-corrected chi connectivity index (χ3v) is 4.98. The van der Waals surface area contributed by atoms with Crippen molar-refractivity contribution >= 4 is 62.5 Å². The quantitative estimate of drug-likeness (QED) is 0.330. The Morgan fingerprint density at radius 2 is 1.90 bits per heavy atom. The van der Waals surface area contributed by atoms with Crippen LogP contribution in [0.5, 0.6) is 5.75 Å². The number of thioether (sulfide) groups is 1. The van der Waals surface area contributed by atoms with Crippen LogP contribution >= 0.6 is 62.5 Å². The Kier molecular flexibility index (Phi) is 7.90. The van der Waals surface area contributed by atoms with Gasteiger partial charge in [0.1, 0.15) is 14.7 Å². The first-order valence-corrected chi connectivity index (χ1v) is 8.29. The zero-order valence-electron chi connectivity index (χ0n) is 10.6. The van der Waals surface area contributed by atoms with Crippen LogP contribution in [-0.2, 0) is 5.75 Å². The molecule has 0 fully saturated rings. The van der Waals surface area contributed by atoms with Gasteiger partial charge in [0.15, 0.2) is 4.36 Å². The lowest BCUT2D eigenvalue weighted by Gasteiger charge is -2.04. The first kappa shape index (κ1) is 18.6. The second-order valence-corrected chi connectivity index (χ2v) is 7.18. The van der Waals surface area contributed by atoms with Crippen LogP contribution < -0.4 is 4.74 Å². The maximum Gasteiger partial charge on any atom is 0.314 e. The van der Waals surface area contributed by atoms with Crippen molar-refractivity contribution in [1.82, 2.24) is 0 Å². The summed E-state index contributed by atoms with van der Waals surface area (Å²) in [4.78, 5) is 10.3. The Morgan fingerprint density at radius 1 is 1.33 bits per heavy atom. The molecule has 0 bridgehead atoms. The summed E-state index contributed by atoms with van der Waals surface area (Å²) >= 11 is 21.3. The number of nitro groups is 1. The number of methoxy groups -OCH3 is 1. The number of rotatable bonds is 6. The van der Waals surface area contributed by atoms with Crippen molar-refractivity contribution in [3.05, 3.63) is 59.0 Å². The van der Waals surface area contributed by atoms with Crippen LogP contribution in [0.1, 0.15) is 5.56 Å². The number of nitrogens with zero attached hydrogens (tertiary/aromatic N) is 1. The number of ether oxygens (including phenoxy) is 1. The van der Waals surface area contributed by atoms with Crippen molar-refractivity contribution < 1.29 is 9.66 Å². The fourth-order valence-corrected chi connectivity index (χ4v) is 2.94. The molecule has 0 aromatic heterocycles. The fraction of sp³-hybridized carbons (Fsp3) is 0.167. The molecule has 0 aliphatic carbocycles. The van der Waals surface area contributed by atoms with E-state index in [-0.39, 0.29) is 13.3 Å². The van der Waals surface area contributed by atoms with Gasteiger partial charge in [0, 0.05) is 5.75 Å².